The number of methoxy groups -OCH3 is 1. The van der Waals surface area contributed by atoms with Crippen molar-refractivity contribution in [1.29, 1.82) is 0 Å². The summed E-state index contributed by atoms with van der Waals surface area (Å²) in [6.45, 7) is 0. The van der Waals surface area contributed by atoms with Crippen molar-refractivity contribution in [1.82, 2.24) is 9.97 Å². The third-order valence-electron chi connectivity index (χ3n) is 6.25. The van der Waals surface area contributed by atoms with Crippen molar-refractivity contribution < 1.29 is 13.2 Å². The van der Waals surface area contributed by atoms with Gasteiger partial charge in [0.2, 0.25) is 5.95 Å². The van der Waals surface area contributed by atoms with E-state index in [1.165, 1.54) is 6.26 Å². The van der Waals surface area contributed by atoms with Gasteiger partial charge < -0.3 is 26.0 Å². The number of fused-ring (bicyclic) bond motifs is 1. The summed E-state index contributed by atoms with van der Waals surface area (Å²) in [7, 11) is -1.39. The molecular weight excluding hydrogens is 514 g/mol. The summed E-state index contributed by atoms with van der Waals surface area (Å²) >= 11 is 0. The van der Waals surface area contributed by atoms with E-state index in [4.69, 9.17) is 10.5 Å². The van der Waals surface area contributed by atoms with Gasteiger partial charge in [0.15, 0.2) is 5.79 Å². The maximum Gasteiger partial charge on any atom is 0.229 e. The van der Waals surface area contributed by atoms with Crippen LogP contribution >= 0.6 is 0 Å². The molecule has 0 radical (unpaired) electrons. The van der Waals surface area contributed by atoms with Gasteiger partial charge in [-0.3, -0.25) is 5.73 Å². The van der Waals surface area contributed by atoms with E-state index in [1.807, 2.05) is 66.7 Å². The first-order valence-corrected chi connectivity index (χ1v) is 14.5. The minimum absolute atomic E-state index is 0.101. The molecule has 1 aliphatic rings. The lowest BCUT2D eigenvalue weighted by atomic mass is 10.1. The Bertz CT molecular complexity index is 1580. The van der Waals surface area contributed by atoms with Crippen LogP contribution in [0.25, 0.3) is 0 Å². The van der Waals surface area contributed by atoms with Gasteiger partial charge in [0, 0.05) is 30.2 Å². The zero-order valence-electron chi connectivity index (χ0n) is 21.7. The van der Waals surface area contributed by atoms with Crippen LogP contribution in [0.15, 0.2) is 79.0 Å². The summed E-state index contributed by atoms with van der Waals surface area (Å²) in [4.78, 5) is 8.88. The molecule has 1 unspecified atom stereocenters. The monoisotopic (exact) mass is 545 g/mol. The maximum absolute atomic E-state index is 11.5. The Kier molecular flexibility index (Phi) is 7.27. The third-order valence-corrected chi connectivity index (χ3v) is 7.20. The van der Waals surface area contributed by atoms with E-state index in [2.05, 4.69) is 31.2 Å². The number of nitrogens with zero attached hydrogens (tertiary/aromatic N) is 2. The molecule has 0 spiro atoms. The highest BCUT2D eigenvalue weighted by molar-refractivity contribution is 7.90. The highest BCUT2D eigenvalue weighted by Gasteiger charge is 2.32. The van der Waals surface area contributed by atoms with Gasteiger partial charge in [-0.15, -0.1) is 0 Å². The van der Waals surface area contributed by atoms with E-state index in [1.54, 1.807) is 19.4 Å². The fourth-order valence-electron chi connectivity index (χ4n) is 4.37. The lowest BCUT2D eigenvalue weighted by Gasteiger charge is -2.26. The lowest BCUT2D eigenvalue weighted by molar-refractivity contribution is 0.414. The smallest absolute Gasteiger partial charge is 0.229 e. The maximum atomic E-state index is 11.5. The summed E-state index contributed by atoms with van der Waals surface area (Å²) in [5.41, 5.74) is 12.0. The number of rotatable bonds is 10. The zero-order valence-corrected chi connectivity index (χ0v) is 22.5. The number of anilines is 6. The molecule has 6 N–H and O–H groups in total. The second-order valence-corrected chi connectivity index (χ2v) is 11.9. The predicted molar refractivity (Wildman–Crippen MR) is 156 cm³/mol. The van der Waals surface area contributed by atoms with Gasteiger partial charge in [-0.2, -0.15) is 4.98 Å². The van der Waals surface area contributed by atoms with E-state index >= 15 is 0 Å². The molecule has 0 saturated carbocycles. The largest absolute Gasteiger partial charge is 0.497 e. The average Bonchev–Trinajstić information content (AvgIpc) is 3.23. The fraction of sp³-hybridized carbons (Fsp3) is 0.214. The number of aromatic nitrogens is 2. The molecule has 0 fully saturated rings. The van der Waals surface area contributed by atoms with Crippen LogP contribution in [-0.2, 0) is 22.7 Å². The first-order valence-electron chi connectivity index (χ1n) is 12.4. The zero-order chi connectivity index (χ0) is 27.5. The Hall–Kier alpha value is -4.35. The second kappa shape index (κ2) is 10.8. The van der Waals surface area contributed by atoms with Gasteiger partial charge in [-0.1, -0.05) is 24.3 Å². The number of sulfone groups is 1. The van der Waals surface area contributed by atoms with Crippen LogP contribution in [0.2, 0.25) is 0 Å². The van der Waals surface area contributed by atoms with E-state index in [0.717, 1.165) is 39.6 Å². The Labute approximate surface area is 228 Å². The van der Waals surface area contributed by atoms with E-state index in [9.17, 15) is 8.42 Å². The molecule has 0 saturated heterocycles. The molecule has 11 heteroatoms. The van der Waals surface area contributed by atoms with Crippen LogP contribution in [-0.4, -0.2) is 43.3 Å². The lowest BCUT2D eigenvalue weighted by Crippen LogP contribution is -2.53. The van der Waals surface area contributed by atoms with Gasteiger partial charge in [0.25, 0.3) is 0 Å². The number of benzene rings is 3. The fourth-order valence-corrected chi connectivity index (χ4v) is 4.98. The van der Waals surface area contributed by atoms with Crippen molar-refractivity contribution in [3.8, 4) is 5.75 Å². The van der Waals surface area contributed by atoms with E-state index in [0.29, 0.717) is 24.6 Å². The highest BCUT2D eigenvalue weighted by atomic mass is 32.2. The van der Waals surface area contributed by atoms with Gasteiger partial charge in [0.05, 0.1) is 24.2 Å². The molecule has 2 heterocycles. The van der Waals surface area contributed by atoms with Gasteiger partial charge in [0.1, 0.15) is 21.4 Å². The number of hydrogen-bond donors (Lipinski definition) is 5. The molecule has 0 bridgehead atoms. The minimum atomic E-state index is -3.03. The molecule has 5 rings (SSSR count). The number of ether oxygens (including phenoxy) is 1. The van der Waals surface area contributed by atoms with Gasteiger partial charge >= 0.3 is 0 Å². The number of aryl methyl sites for hydroxylation is 1. The summed E-state index contributed by atoms with van der Waals surface area (Å²) in [5, 5.41) is 13.3. The SMILES string of the molecule is COc1ccc(CC2(N)Nc3ccc(Nc4ccnc(Nc5cccc(CCS(C)(=O)=O)c5)n4)cc3N2)cc1. The molecule has 4 aromatic rings. The average molecular weight is 546 g/mol. The van der Waals surface area contributed by atoms with Crippen molar-refractivity contribution in [2.24, 2.45) is 5.73 Å². The van der Waals surface area contributed by atoms with Crippen LogP contribution < -0.4 is 31.7 Å². The van der Waals surface area contributed by atoms with Crippen LogP contribution in [0.5, 0.6) is 5.75 Å². The minimum Gasteiger partial charge on any atom is -0.497 e. The standard InChI is InChI=1S/C28H31N7O3S/c1-38-23-9-6-20(7-10-23)18-28(29)34-24-11-8-22(17-25(24)35-28)31-26-12-14-30-27(33-26)32-21-5-3-4-19(16-21)13-15-39(2,36)37/h3-12,14,16-17,34-35H,13,15,18,29H2,1-2H3,(H2,30,31,32,33). The molecular formula is C28H31N7O3S. The van der Waals surface area contributed by atoms with E-state index in [-0.39, 0.29) is 5.75 Å². The third kappa shape index (κ3) is 6.95. The molecule has 1 aromatic heterocycles. The molecule has 10 nitrogen and oxygen atoms in total. The topological polar surface area (TPSA) is 143 Å². The Morgan fingerprint density at radius 1 is 0.923 bits per heavy atom. The van der Waals surface area contributed by atoms with Crippen molar-refractivity contribution in [2.45, 2.75) is 18.6 Å². The first kappa shape index (κ1) is 26.3. The molecule has 0 amide bonds. The molecule has 0 aliphatic carbocycles. The van der Waals surface area contributed by atoms with Crippen LogP contribution in [0.1, 0.15) is 11.1 Å². The summed E-state index contributed by atoms with van der Waals surface area (Å²) in [6.07, 6.45) is 3.93. The molecule has 1 atom stereocenters. The summed E-state index contributed by atoms with van der Waals surface area (Å²) in [6, 6.07) is 23.1. The van der Waals surface area contributed by atoms with Crippen molar-refractivity contribution in [3.63, 3.8) is 0 Å². The molecule has 39 heavy (non-hydrogen) atoms. The van der Waals surface area contributed by atoms with Crippen LogP contribution in [0.3, 0.4) is 0 Å². The van der Waals surface area contributed by atoms with Crippen molar-refractivity contribution in [2.75, 3.05) is 40.4 Å². The van der Waals surface area contributed by atoms with Gasteiger partial charge in [-0.05, 0) is 66.1 Å². The van der Waals surface area contributed by atoms with Crippen LogP contribution in [0, 0.1) is 0 Å². The second-order valence-electron chi connectivity index (χ2n) is 9.60. The number of hydrogen-bond acceptors (Lipinski definition) is 10. The Balaban J connectivity index is 1.23. The Morgan fingerprint density at radius 3 is 2.46 bits per heavy atom. The quantitative estimate of drug-likeness (QED) is 0.196. The molecule has 1 aliphatic heterocycles. The number of nitrogens with one attached hydrogen (secondary N) is 4. The normalized spacial score (nSPS) is 16.1. The van der Waals surface area contributed by atoms with Crippen molar-refractivity contribution >= 4 is 44.4 Å². The van der Waals surface area contributed by atoms with Gasteiger partial charge in [-0.25, -0.2) is 13.4 Å². The highest BCUT2D eigenvalue weighted by Crippen LogP contribution is 2.36. The van der Waals surface area contributed by atoms with Crippen molar-refractivity contribution in [3.05, 3.63) is 90.1 Å². The predicted octanol–water partition coefficient (Wildman–Crippen LogP) is 4.25. The summed E-state index contributed by atoms with van der Waals surface area (Å²) in [5.74, 6) is 1.12. The van der Waals surface area contributed by atoms with Crippen LogP contribution in [0.4, 0.5) is 34.5 Å². The first-order chi connectivity index (χ1) is 18.7. The molecule has 3 aromatic carbocycles. The summed E-state index contributed by atoms with van der Waals surface area (Å²) < 4.78 is 28.2. The molecule has 202 valence electrons. The van der Waals surface area contributed by atoms with E-state index < -0.39 is 15.6 Å². The Morgan fingerprint density at radius 2 is 1.69 bits per heavy atom. The number of nitrogens with two attached hydrogens (primary N) is 1.